The maximum Gasteiger partial charge on any atom is 0.338 e. The topological polar surface area (TPSA) is 85.8 Å². The van der Waals surface area contributed by atoms with Crippen molar-refractivity contribution in [2.45, 2.75) is 25.2 Å². The summed E-state index contributed by atoms with van der Waals surface area (Å²) >= 11 is 6.23. The highest BCUT2D eigenvalue weighted by molar-refractivity contribution is 7.86. The predicted molar refractivity (Wildman–Crippen MR) is 109 cm³/mol. The number of aromatic nitrogens is 1. The number of allylic oxidation sites excluding steroid dienone is 1. The van der Waals surface area contributed by atoms with Crippen LogP contribution in [-0.4, -0.2) is 32.5 Å². The molecule has 0 bridgehead atoms. The van der Waals surface area contributed by atoms with Crippen molar-refractivity contribution >= 4 is 33.5 Å². The van der Waals surface area contributed by atoms with Crippen LogP contribution < -0.4 is 4.90 Å². The number of halogens is 1. The number of rotatable bonds is 6. The molecule has 0 fully saturated rings. The summed E-state index contributed by atoms with van der Waals surface area (Å²) in [5.74, 6) is -0.554. The average molecular weight is 437 g/mol. The minimum Gasteiger partial charge on any atom is -0.466 e. The minimum absolute atomic E-state index is 0.0321. The average Bonchev–Trinajstić information content (AvgIpc) is 2.68. The Hall–Kier alpha value is -2.58. The van der Waals surface area contributed by atoms with Gasteiger partial charge in [-0.25, -0.2) is 4.98 Å². The van der Waals surface area contributed by atoms with Crippen LogP contribution in [0.5, 0.6) is 0 Å². The van der Waals surface area contributed by atoms with Crippen LogP contribution in [0.3, 0.4) is 0 Å². The van der Waals surface area contributed by atoms with Crippen LogP contribution in [0.1, 0.15) is 18.9 Å². The number of nitrogens with zero attached hydrogens (tertiary/aromatic N) is 2. The minimum atomic E-state index is -4.05. The first-order chi connectivity index (χ1) is 13.8. The predicted octanol–water partition coefficient (Wildman–Crippen LogP) is 3.68. The van der Waals surface area contributed by atoms with E-state index in [1.165, 1.54) is 18.3 Å². The van der Waals surface area contributed by atoms with E-state index in [0.717, 1.165) is 5.56 Å². The molecule has 154 valence electrons. The van der Waals surface area contributed by atoms with Gasteiger partial charge in [0.25, 0.3) is 0 Å². The van der Waals surface area contributed by atoms with Crippen molar-refractivity contribution in [3.05, 3.63) is 65.1 Å². The zero-order chi connectivity index (χ0) is 21.0. The molecule has 1 aromatic heterocycles. The quantitative estimate of drug-likeness (QED) is 0.504. The van der Waals surface area contributed by atoms with Crippen molar-refractivity contribution < 1.29 is 22.1 Å². The molecule has 0 N–H and O–H groups in total. The van der Waals surface area contributed by atoms with Crippen molar-refractivity contribution in [1.82, 2.24) is 4.98 Å². The summed E-state index contributed by atoms with van der Waals surface area (Å²) < 4.78 is 35.9. The molecule has 0 saturated carbocycles. The third-order valence-electron chi connectivity index (χ3n) is 4.32. The molecule has 7 nitrogen and oxygen atoms in total. The Morgan fingerprint density at radius 2 is 2.00 bits per heavy atom. The van der Waals surface area contributed by atoms with Crippen LogP contribution in [0.25, 0.3) is 0 Å². The van der Waals surface area contributed by atoms with Gasteiger partial charge in [-0.1, -0.05) is 29.3 Å². The molecule has 29 heavy (non-hydrogen) atoms. The molecule has 0 amide bonds. The lowest BCUT2D eigenvalue weighted by Gasteiger charge is -2.30. The second-order valence-corrected chi connectivity index (χ2v) is 8.51. The number of anilines is 1. The summed E-state index contributed by atoms with van der Waals surface area (Å²) in [4.78, 5) is 18.2. The van der Waals surface area contributed by atoms with Gasteiger partial charge in [0.1, 0.15) is 10.7 Å². The van der Waals surface area contributed by atoms with Crippen LogP contribution in [-0.2, 0) is 23.8 Å². The van der Waals surface area contributed by atoms with E-state index >= 15 is 0 Å². The largest absolute Gasteiger partial charge is 0.466 e. The Morgan fingerprint density at radius 3 is 2.66 bits per heavy atom. The molecule has 0 saturated heterocycles. The highest BCUT2D eigenvalue weighted by Gasteiger charge is 2.32. The third-order valence-corrected chi connectivity index (χ3v) is 5.90. The summed E-state index contributed by atoms with van der Waals surface area (Å²) in [7, 11) is -4.05. The van der Waals surface area contributed by atoms with Gasteiger partial charge in [0.05, 0.1) is 17.5 Å². The first kappa shape index (κ1) is 21.1. The van der Waals surface area contributed by atoms with Gasteiger partial charge in [0, 0.05) is 25.4 Å². The van der Waals surface area contributed by atoms with E-state index in [-0.39, 0.29) is 30.2 Å². The van der Waals surface area contributed by atoms with E-state index in [4.69, 9.17) is 20.5 Å². The summed E-state index contributed by atoms with van der Waals surface area (Å²) in [6, 6.07) is 9.67. The van der Waals surface area contributed by atoms with Gasteiger partial charge >= 0.3 is 16.1 Å². The number of carbonyl (C=O) groups is 1. The van der Waals surface area contributed by atoms with Crippen LogP contribution in [0.4, 0.5) is 5.82 Å². The van der Waals surface area contributed by atoms with Gasteiger partial charge in [-0.05, 0) is 38.1 Å². The molecule has 3 rings (SSSR count). The summed E-state index contributed by atoms with van der Waals surface area (Å²) in [5, 5.41) is 0.369. The molecule has 0 spiro atoms. The Bertz CT molecular complexity index is 1020. The van der Waals surface area contributed by atoms with E-state index < -0.39 is 22.0 Å². The summed E-state index contributed by atoms with van der Waals surface area (Å²) in [6.07, 6.45) is 3.16. The fraction of sp³-hybridized carbons (Fsp3) is 0.300. The van der Waals surface area contributed by atoms with E-state index in [0.29, 0.717) is 10.8 Å². The summed E-state index contributed by atoms with van der Waals surface area (Å²) in [5.41, 5.74) is 0.930. The number of pyridine rings is 1. The van der Waals surface area contributed by atoms with Crippen LogP contribution in [0, 0.1) is 12.8 Å². The molecule has 1 aliphatic heterocycles. The van der Waals surface area contributed by atoms with E-state index in [2.05, 4.69) is 4.98 Å². The Balaban J connectivity index is 1.92. The second kappa shape index (κ2) is 8.84. The van der Waals surface area contributed by atoms with Crippen molar-refractivity contribution in [3.8, 4) is 0 Å². The van der Waals surface area contributed by atoms with Crippen molar-refractivity contribution in [2.24, 2.45) is 5.92 Å². The fourth-order valence-electron chi connectivity index (χ4n) is 2.93. The number of esters is 1. The van der Waals surface area contributed by atoms with E-state index in [1.54, 1.807) is 42.3 Å². The first-order valence-electron chi connectivity index (χ1n) is 9.06. The Morgan fingerprint density at radius 1 is 1.28 bits per heavy atom. The lowest BCUT2D eigenvalue weighted by Crippen LogP contribution is -2.36. The number of carbonyl (C=O) groups excluding carboxylic acids is 1. The molecule has 2 heterocycles. The van der Waals surface area contributed by atoms with Gasteiger partial charge < -0.3 is 13.8 Å². The molecule has 1 unspecified atom stereocenters. The maximum absolute atomic E-state index is 12.7. The zero-order valence-corrected chi connectivity index (χ0v) is 17.6. The molecular weight excluding hydrogens is 416 g/mol. The van der Waals surface area contributed by atoms with Crippen LogP contribution in [0.15, 0.2) is 59.4 Å². The fourth-order valence-corrected chi connectivity index (χ4v) is 4.12. The van der Waals surface area contributed by atoms with Crippen molar-refractivity contribution in [3.63, 3.8) is 0 Å². The van der Waals surface area contributed by atoms with Gasteiger partial charge in [0.15, 0.2) is 5.82 Å². The van der Waals surface area contributed by atoms with Gasteiger partial charge in [-0.3, -0.25) is 4.79 Å². The molecule has 0 aliphatic carbocycles. The molecule has 2 aromatic rings. The Labute approximate surface area is 175 Å². The van der Waals surface area contributed by atoms with Crippen molar-refractivity contribution in [2.75, 3.05) is 18.1 Å². The first-order valence-corrected chi connectivity index (χ1v) is 10.8. The maximum atomic E-state index is 12.7. The number of hydrogen-bond donors (Lipinski definition) is 0. The highest BCUT2D eigenvalue weighted by atomic mass is 35.5. The number of aryl methyl sites for hydroxylation is 1. The zero-order valence-electron chi connectivity index (χ0n) is 16.0. The highest BCUT2D eigenvalue weighted by Crippen LogP contribution is 2.31. The van der Waals surface area contributed by atoms with Gasteiger partial charge in [-0.2, -0.15) is 8.42 Å². The lowest BCUT2D eigenvalue weighted by molar-refractivity contribution is -0.147. The molecule has 9 heteroatoms. The summed E-state index contributed by atoms with van der Waals surface area (Å²) in [6.45, 7) is 4.04. The Kier molecular flexibility index (Phi) is 6.44. The van der Waals surface area contributed by atoms with Crippen molar-refractivity contribution in [1.29, 1.82) is 0 Å². The molecule has 1 aromatic carbocycles. The van der Waals surface area contributed by atoms with Gasteiger partial charge in [-0.15, -0.1) is 0 Å². The normalized spacial score (nSPS) is 16.9. The molecular formula is C20H21ClN2O5S. The number of ether oxygens (including phenoxy) is 1. The monoisotopic (exact) mass is 436 g/mol. The number of benzene rings is 1. The SMILES string of the molecule is CCOC(=O)C1CC(OS(=O)(=O)c2ccc(C)cc2)=CN(c2ncccc2Cl)C1. The molecule has 1 aliphatic rings. The van der Waals surface area contributed by atoms with Crippen LogP contribution in [0.2, 0.25) is 5.02 Å². The third kappa shape index (κ3) is 5.07. The smallest absolute Gasteiger partial charge is 0.338 e. The lowest BCUT2D eigenvalue weighted by atomic mass is 10.0. The van der Waals surface area contributed by atoms with Crippen LogP contribution >= 0.6 is 11.6 Å². The second-order valence-electron chi connectivity index (χ2n) is 6.56. The van der Waals surface area contributed by atoms with E-state index in [9.17, 15) is 13.2 Å². The molecule has 1 atom stereocenters. The molecule has 0 radical (unpaired) electrons. The van der Waals surface area contributed by atoms with Gasteiger partial charge in [0.2, 0.25) is 0 Å². The number of hydrogen-bond acceptors (Lipinski definition) is 7. The van der Waals surface area contributed by atoms with E-state index in [1.807, 2.05) is 6.92 Å². The standard InChI is InChI=1S/C20H21ClN2O5S/c1-3-27-20(24)15-11-16(13-23(12-15)19-18(21)5-4-10-22-19)28-29(25,26)17-8-6-14(2)7-9-17/h4-10,13,15H,3,11-12H2,1-2H3.